The van der Waals surface area contributed by atoms with E-state index in [9.17, 15) is 15.0 Å². The number of carbonyl (C=O) groups excluding carboxylic acids is 1. The van der Waals surface area contributed by atoms with Crippen LogP contribution in [0.5, 0.6) is 11.5 Å². The lowest BCUT2D eigenvalue weighted by Gasteiger charge is -2.28. The third-order valence-electron chi connectivity index (χ3n) is 4.47. The van der Waals surface area contributed by atoms with Crippen LogP contribution in [-0.2, 0) is 33.4 Å². The molecule has 2 N–H and O–H groups in total. The molecule has 2 aromatic rings. The number of ether oxygens (including phenoxy) is 1. The fourth-order valence-electron chi connectivity index (χ4n) is 2.92. The number of phenols is 2. The average molecular weight is 370 g/mol. The van der Waals surface area contributed by atoms with Gasteiger partial charge in [-0.05, 0) is 57.3 Å². The van der Waals surface area contributed by atoms with E-state index in [0.717, 1.165) is 22.3 Å². The summed E-state index contributed by atoms with van der Waals surface area (Å²) in [5.41, 5.74) is 2.89. The first-order valence-corrected chi connectivity index (χ1v) is 9.18. The van der Waals surface area contributed by atoms with Gasteiger partial charge < -0.3 is 14.9 Å². The summed E-state index contributed by atoms with van der Waals surface area (Å²) in [5, 5.41) is 20.1. The van der Waals surface area contributed by atoms with Crippen LogP contribution in [0.15, 0.2) is 36.4 Å². The monoisotopic (exact) mass is 370 g/mol. The van der Waals surface area contributed by atoms with Gasteiger partial charge in [0, 0.05) is 0 Å². The Morgan fingerprint density at radius 2 is 1.33 bits per heavy atom. The van der Waals surface area contributed by atoms with Gasteiger partial charge in [0.1, 0.15) is 18.1 Å². The first-order chi connectivity index (χ1) is 12.4. The molecular weight excluding hydrogens is 340 g/mol. The van der Waals surface area contributed by atoms with Crippen molar-refractivity contribution in [3.05, 3.63) is 58.7 Å². The van der Waals surface area contributed by atoms with Crippen molar-refractivity contribution in [1.29, 1.82) is 0 Å². The molecule has 0 amide bonds. The van der Waals surface area contributed by atoms with E-state index in [1.54, 1.807) is 24.3 Å². The number of aromatic hydroxyl groups is 2. The van der Waals surface area contributed by atoms with Gasteiger partial charge in [-0.3, -0.25) is 4.79 Å². The first kappa shape index (κ1) is 20.8. The smallest absolute Gasteiger partial charge is 0.310 e. The fourth-order valence-corrected chi connectivity index (χ4v) is 2.92. The maximum absolute atomic E-state index is 12.2. The van der Waals surface area contributed by atoms with E-state index >= 15 is 0 Å². The second kappa shape index (κ2) is 7.63. The summed E-state index contributed by atoms with van der Waals surface area (Å²) in [6, 6.07) is 10.3. The summed E-state index contributed by atoms with van der Waals surface area (Å²) in [6.07, 6.45) is 0.149. The van der Waals surface area contributed by atoms with Gasteiger partial charge in [-0.2, -0.15) is 0 Å². The third kappa shape index (κ3) is 5.49. The molecule has 0 atom stereocenters. The van der Waals surface area contributed by atoms with Crippen LogP contribution in [0.25, 0.3) is 0 Å². The number of benzene rings is 2. The van der Waals surface area contributed by atoms with Gasteiger partial charge in [0.2, 0.25) is 0 Å². The van der Waals surface area contributed by atoms with Gasteiger partial charge in [-0.15, -0.1) is 0 Å². The Labute approximate surface area is 161 Å². The van der Waals surface area contributed by atoms with Crippen molar-refractivity contribution in [3.63, 3.8) is 0 Å². The zero-order valence-electron chi connectivity index (χ0n) is 17.1. The predicted molar refractivity (Wildman–Crippen MR) is 107 cm³/mol. The van der Waals surface area contributed by atoms with Crippen molar-refractivity contribution in [2.45, 2.75) is 65.4 Å². The van der Waals surface area contributed by atoms with Gasteiger partial charge >= 0.3 is 5.97 Å². The lowest BCUT2D eigenvalue weighted by Crippen LogP contribution is -2.18. The van der Waals surface area contributed by atoms with Crippen molar-refractivity contribution < 1.29 is 19.7 Å². The minimum Gasteiger partial charge on any atom is -0.508 e. The Bertz CT molecular complexity index is 771. The Balaban J connectivity index is 2.20. The zero-order valence-corrected chi connectivity index (χ0v) is 17.1. The summed E-state index contributed by atoms with van der Waals surface area (Å²) in [4.78, 5) is 12.2. The van der Waals surface area contributed by atoms with Crippen LogP contribution in [0.1, 0.15) is 63.8 Å². The lowest BCUT2D eigenvalue weighted by molar-refractivity contribution is -0.144. The second-order valence-corrected chi connectivity index (χ2v) is 9.04. The topological polar surface area (TPSA) is 66.8 Å². The number of phenolic OH excluding ortho intramolecular Hbond substituents is 2. The Morgan fingerprint density at radius 3 is 1.78 bits per heavy atom. The normalized spacial score (nSPS) is 12.1. The molecule has 0 saturated heterocycles. The first-order valence-electron chi connectivity index (χ1n) is 9.18. The molecule has 2 aromatic carbocycles. The third-order valence-corrected chi connectivity index (χ3v) is 4.47. The minimum absolute atomic E-state index is 0.149. The molecule has 0 aromatic heterocycles. The van der Waals surface area contributed by atoms with Crippen LogP contribution >= 0.6 is 0 Å². The summed E-state index contributed by atoms with van der Waals surface area (Å²) in [7, 11) is 0. The van der Waals surface area contributed by atoms with Crippen molar-refractivity contribution in [2.75, 3.05) is 0 Å². The molecule has 0 bridgehead atoms. The van der Waals surface area contributed by atoms with Crippen LogP contribution in [0.3, 0.4) is 0 Å². The Kier molecular flexibility index (Phi) is 5.88. The maximum Gasteiger partial charge on any atom is 0.310 e. The van der Waals surface area contributed by atoms with Crippen molar-refractivity contribution >= 4 is 5.97 Å². The van der Waals surface area contributed by atoms with Gasteiger partial charge in [0.25, 0.3) is 0 Å². The quantitative estimate of drug-likeness (QED) is 0.745. The van der Waals surface area contributed by atoms with Crippen LogP contribution < -0.4 is 0 Å². The molecule has 0 aliphatic rings. The standard InChI is InChI=1S/C23H30O4/c1-22(2,3)18-11-16(12-19(21(18)26)23(4,5)6)14-27-20(25)13-15-7-9-17(24)10-8-15/h7-12,24,26H,13-14H2,1-6H3. The highest BCUT2D eigenvalue weighted by atomic mass is 16.5. The molecule has 4 heteroatoms. The molecule has 0 aliphatic carbocycles. The summed E-state index contributed by atoms with van der Waals surface area (Å²) < 4.78 is 5.45. The largest absolute Gasteiger partial charge is 0.508 e. The van der Waals surface area contributed by atoms with Crippen LogP contribution in [0, 0.1) is 0 Å². The van der Waals surface area contributed by atoms with E-state index in [1.807, 2.05) is 12.1 Å². The SMILES string of the molecule is CC(C)(C)c1cc(COC(=O)Cc2ccc(O)cc2)cc(C(C)(C)C)c1O. The number of esters is 1. The molecule has 0 saturated carbocycles. The van der Waals surface area contributed by atoms with Gasteiger partial charge in [0.05, 0.1) is 6.42 Å². The van der Waals surface area contributed by atoms with Crippen molar-refractivity contribution in [2.24, 2.45) is 0 Å². The highest BCUT2D eigenvalue weighted by Gasteiger charge is 2.26. The van der Waals surface area contributed by atoms with Gasteiger partial charge in [-0.25, -0.2) is 0 Å². The number of hydrogen-bond donors (Lipinski definition) is 2. The number of rotatable bonds is 4. The van der Waals surface area contributed by atoms with E-state index in [2.05, 4.69) is 41.5 Å². The van der Waals surface area contributed by atoms with E-state index in [1.165, 1.54) is 0 Å². The molecule has 4 nitrogen and oxygen atoms in total. The number of hydrogen-bond acceptors (Lipinski definition) is 4. The Morgan fingerprint density at radius 1 is 0.852 bits per heavy atom. The predicted octanol–water partition coefficient (Wildman–Crippen LogP) is 4.98. The second-order valence-electron chi connectivity index (χ2n) is 9.04. The summed E-state index contributed by atoms with van der Waals surface area (Å²) >= 11 is 0. The van der Waals surface area contributed by atoms with Crippen molar-refractivity contribution in [1.82, 2.24) is 0 Å². The lowest BCUT2D eigenvalue weighted by atomic mass is 9.78. The Hall–Kier alpha value is -2.49. The summed E-state index contributed by atoms with van der Waals surface area (Å²) in [6.45, 7) is 12.5. The average Bonchev–Trinajstić information content (AvgIpc) is 2.54. The van der Waals surface area contributed by atoms with Gasteiger partial charge in [0.15, 0.2) is 0 Å². The highest BCUT2D eigenvalue weighted by Crippen LogP contribution is 2.39. The molecule has 0 aliphatic heterocycles. The zero-order chi connectivity index (χ0) is 20.4. The van der Waals surface area contributed by atoms with Crippen LogP contribution in [0.4, 0.5) is 0 Å². The van der Waals surface area contributed by atoms with Gasteiger partial charge in [-0.1, -0.05) is 53.7 Å². The molecule has 27 heavy (non-hydrogen) atoms. The molecule has 0 unspecified atom stereocenters. The maximum atomic E-state index is 12.2. The van der Waals surface area contributed by atoms with E-state index < -0.39 is 0 Å². The van der Waals surface area contributed by atoms with E-state index in [4.69, 9.17) is 4.74 Å². The molecule has 0 spiro atoms. The highest BCUT2D eigenvalue weighted by molar-refractivity contribution is 5.72. The van der Waals surface area contributed by atoms with E-state index in [-0.39, 0.29) is 35.6 Å². The molecule has 0 fully saturated rings. The number of carbonyl (C=O) groups is 1. The van der Waals surface area contributed by atoms with E-state index in [0.29, 0.717) is 5.75 Å². The molecule has 146 valence electrons. The minimum atomic E-state index is -0.330. The molecular formula is C23H30O4. The van der Waals surface area contributed by atoms with Crippen LogP contribution in [-0.4, -0.2) is 16.2 Å². The van der Waals surface area contributed by atoms with Crippen LogP contribution in [0.2, 0.25) is 0 Å². The van der Waals surface area contributed by atoms with Crippen molar-refractivity contribution in [3.8, 4) is 11.5 Å². The molecule has 0 heterocycles. The molecule has 0 radical (unpaired) electrons. The summed E-state index contributed by atoms with van der Waals surface area (Å²) in [5.74, 6) is 0.151. The molecule has 2 rings (SSSR count). The fraction of sp³-hybridized carbons (Fsp3) is 0.435.